The lowest BCUT2D eigenvalue weighted by Gasteiger charge is -2.31. The molecule has 0 unspecified atom stereocenters. The Kier molecular flexibility index (Phi) is 5.80. The number of hydrogen-bond acceptors (Lipinski definition) is 5. The number of amides is 1. The summed E-state index contributed by atoms with van der Waals surface area (Å²) in [5.41, 5.74) is 1.29. The van der Waals surface area contributed by atoms with E-state index in [1.54, 1.807) is 17.0 Å². The van der Waals surface area contributed by atoms with E-state index in [0.717, 1.165) is 10.0 Å². The second kappa shape index (κ2) is 8.65. The van der Waals surface area contributed by atoms with Gasteiger partial charge in [-0.05, 0) is 17.7 Å². The highest BCUT2D eigenvalue weighted by Crippen LogP contribution is 2.29. The van der Waals surface area contributed by atoms with Gasteiger partial charge in [0.2, 0.25) is 0 Å². The lowest BCUT2D eigenvalue weighted by molar-refractivity contribution is 0.0642. The number of piperidine rings is 1. The number of fused-ring (bicyclic) bond motifs is 1. The summed E-state index contributed by atoms with van der Waals surface area (Å²) in [7, 11) is 0. The molecule has 3 aromatic rings. The van der Waals surface area contributed by atoms with E-state index in [1.165, 1.54) is 6.33 Å². The second-order valence-electron chi connectivity index (χ2n) is 6.87. The molecule has 0 radical (unpaired) electrons. The fourth-order valence-corrected chi connectivity index (χ4v) is 3.79. The van der Waals surface area contributed by atoms with Crippen LogP contribution in [0, 0.1) is 0 Å². The number of nitrogens with zero attached hydrogens (tertiary/aromatic N) is 2. The average molecular weight is 458 g/mol. The Labute approximate surface area is 175 Å². The SMILES string of the molecule is O=C(OCc1ccccc1)N1CCC(Oc2cc(Br)cc3nc[nH]c(=O)c23)CC1. The summed E-state index contributed by atoms with van der Waals surface area (Å²) in [6.07, 6.45) is 2.28. The van der Waals surface area contributed by atoms with E-state index in [4.69, 9.17) is 9.47 Å². The van der Waals surface area contributed by atoms with Crippen molar-refractivity contribution in [2.45, 2.75) is 25.6 Å². The van der Waals surface area contributed by atoms with E-state index in [9.17, 15) is 9.59 Å². The van der Waals surface area contributed by atoms with Crippen LogP contribution in [0.2, 0.25) is 0 Å². The number of carbonyl (C=O) groups is 1. The molecule has 1 aliphatic rings. The zero-order chi connectivity index (χ0) is 20.2. The van der Waals surface area contributed by atoms with Crippen LogP contribution in [-0.4, -0.2) is 40.2 Å². The number of hydrogen-bond donors (Lipinski definition) is 1. The van der Waals surface area contributed by atoms with Crippen molar-refractivity contribution in [3.63, 3.8) is 0 Å². The first-order chi connectivity index (χ1) is 14.1. The number of benzene rings is 2. The largest absolute Gasteiger partial charge is 0.489 e. The second-order valence-corrected chi connectivity index (χ2v) is 7.79. The van der Waals surface area contributed by atoms with Gasteiger partial charge < -0.3 is 19.4 Å². The smallest absolute Gasteiger partial charge is 0.410 e. The van der Waals surface area contributed by atoms with Gasteiger partial charge in [0, 0.05) is 30.4 Å². The molecular weight excluding hydrogens is 438 g/mol. The zero-order valence-corrected chi connectivity index (χ0v) is 17.2. The van der Waals surface area contributed by atoms with Crippen LogP contribution >= 0.6 is 15.9 Å². The monoisotopic (exact) mass is 457 g/mol. The Morgan fingerprint density at radius 3 is 2.72 bits per heavy atom. The van der Waals surface area contributed by atoms with Crippen LogP contribution < -0.4 is 10.3 Å². The molecule has 7 nitrogen and oxygen atoms in total. The standard InChI is InChI=1S/C21H20BrN3O4/c22-15-10-17-19(20(26)24-13-23-17)18(11-15)29-16-6-8-25(9-7-16)21(27)28-12-14-4-2-1-3-5-14/h1-5,10-11,13,16H,6-9,12H2,(H,23,24,26). The van der Waals surface area contributed by atoms with E-state index in [0.29, 0.717) is 42.6 Å². The molecule has 1 amide bonds. The predicted octanol–water partition coefficient (Wildman–Crippen LogP) is 3.87. The quantitative estimate of drug-likeness (QED) is 0.642. The van der Waals surface area contributed by atoms with E-state index in [2.05, 4.69) is 25.9 Å². The molecule has 29 heavy (non-hydrogen) atoms. The number of aromatic amines is 1. The highest BCUT2D eigenvalue weighted by Gasteiger charge is 2.25. The van der Waals surface area contributed by atoms with Crippen molar-refractivity contribution >= 4 is 32.9 Å². The molecule has 0 atom stereocenters. The molecule has 8 heteroatoms. The van der Waals surface area contributed by atoms with Gasteiger partial charge in [-0.3, -0.25) is 4.79 Å². The lowest BCUT2D eigenvalue weighted by Crippen LogP contribution is -2.42. The van der Waals surface area contributed by atoms with Gasteiger partial charge in [0.15, 0.2) is 0 Å². The number of likely N-dealkylation sites (tertiary alicyclic amines) is 1. The Morgan fingerprint density at radius 1 is 1.21 bits per heavy atom. The molecule has 1 aliphatic heterocycles. The van der Waals surface area contributed by atoms with Crippen LogP contribution in [0.15, 0.2) is 58.1 Å². The van der Waals surface area contributed by atoms with Gasteiger partial charge in [-0.15, -0.1) is 0 Å². The Balaban J connectivity index is 1.36. The van der Waals surface area contributed by atoms with Gasteiger partial charge in [0.1, 0.15) is 23.8 Å². The van der Waals surface area contributed by atoms with E-state index < -0.39 is 0 Å². The van der Waals surface area contributed by atoms with E-state index in [-0.39, 0.29) is 24.4 Å². The molecule has 0 spiro atoms. The molecule has 0 bridgehead atoms. The summed E-state index contributed by atoms with van der Waals surface area (Å²) in [5.74, 6) is 0.494. The van der Waals surface area contributed by atoms with Crippen molar-refractivity contribution in [3.8, 4) is 5.75 Å². The van der Waals surface area contributed by atoms with E-state index in [1.807, 2.05) is 30.3 Å². The van der Waals surface area contributed by atoms with Crippen LogP contribution in [0.4, 0.5) is 4.79 Å². The molecule has 2 heterocycles. The van der Waals surface area contributed by atoms with Crippen molar-refractivity contribution in [1.29, 1.82) is 0 Å². The third-order valence-corrected chi connectivity index (χ3v) is 5.33. The number of nitrogens with one attached hydrogen (secondary N) is 1. The molecular formula is C21H20BrN3O4. The molecule has 1 fully saturated rings. The first-order valence-corrected chi connectivity index (χ1v) is 10.2. The van der Waals surface area contributed by atoms with Crippen LogP contribution in [-0.2, 0) is 11.3 Å². The van der Waals surface area contributed by atoms with Gasteiger partial charge in [-0.1, -0.05) is 46.3 Å². The summed E-state index contributed by atoms with van der Waals surface area (Å²) in [5, 5.41) is 0.431. The topological polar surface area (TPSA) is 84.5 Å². The summed E-state index contributed by atoms with van der Waals surface area (Å²) in [6, 6.07) is 13.2. The van der Waals surface area contributed by atoms with Crippen molar-refractivity contribution in [3.05, 3.63) is 69.2 Å². The first kappa shape index (κ1) is 19.4. The van der Waals surface area contributed by atoms with Gasteiger partial charge >= 0.3 is 6.09 Å². The van der Waals surface area contributed by atoms with Crippen LogP contribution in [0.3, 0.4) is 0 Å². The molecule has 1 saturated heterocycles. The summed E-state index contributed by atoms with van der Waals surface area (Å²) in [6.45, 7) is 1.34. The first-order valence-electron chi connectivity index (χ1n) is 9.39. The maximum atomic E-state index is 12.3. The molecule has 4 rings (SSSR count). The lowest BCUT2D eigenvalue weighted by atomic mass is 10.1. The Bertz CT molecular complexity index is 1060. The Morgan fingerprint density at radius 2 is 1.97 bits per heavy atom. The summed E-state index contributed by atoms with van der Waals surface area (Å²) >= 11 is 3.44. The van der Waals surface area contributed by atoms with Gasteiger partial charge in [-0.2, -0.15) is 0 Å². The molecule has 1 aromatic heterocycles. The maximum Gasteiger partial charge on any atom is 0.410 e. The molecule has 150 valence electrons. The summed E-state index contributed by atoms with van der Waals surface area (Å²) < 4.78 is 12.3. The van der Waals surface area contributed by atoms with Crippen LogP contribution in [0.1, 0.15) is 18.4 Å². The van der Waals surface area contributed by atoms with Crippen molar-refractivity contribution in [1.82, 2.24) is 14.9 Å². The number of H-pyrrole nitrogens is 1. The maximum absolute atomic E-state index is 12.3. The van der Waals surface area contributed by atoms with Gasteiger partial charge in [0.25, 0.3) is 5.56 Å². The summed E-state index contributed by atoms with van der Waals surface area (Å²) in [4.78, 5) is 33.0. The normalized spacial score (nSPS) is 14.7. The third kappa shape index (κ3) is 4.59. The highest BCUT2D eigenvalue weighted by molar-refractivity contribution is 9.10. The zero-order valence-electron chi connectivity index (χ0n) is 15.6. The van der Waals surface area contributed by atoms with Gasteiger partial charge in [0.05, 0.1) is 11.8 Å². The number of aromatic nitrogens is 2. The number of carbonyl (C=O) groups excluding carboxylic acids is 1. The fraction of sp³-hybridized carbons (Fsp3) is 0.286. The van der Waals surface area contributed by atoms with E-state index >= 15 is 0 Å². The number of rotatable bonds is 4. The highest BCUT2D eigenvalue weighted by atomic mass is 79.9. The van der Waals surface area contributed by atoms with Gasteiger partial charge in [-0.25, -0.2) is 9.78 Å². The van der Waals surface area contributed by atoms with Crippen LogP contribution in [0.5, 0.6) is 5.75 Å². The molecule has 1 N–H and O–H groups in total. The molecule has 0 aliphatic carbocycles. The van der Waals surface area contributed by atoms with Crippen molar-refractivity contribution in [2.24, 2.45) is 0 Å². The average Bonchev–Trinajstić information content (AvgIpc) is 2.73. The number of ether oxygens (including phenoxy) is 2. The van der Waals surface area contributed by atoms with Crippen molar-refractivity contribution in [2.75, 3.05) is 13.1 Å². The fourth-order valence-electron chi connectivity index (χ4n) is 3.37. The minimum atomic E-state index is -0.319. The molecule has 0 saturated carbocycles. The predicted molar refractivity (Wildman–Crippen MR) is 112 cm³/mol. The Hall–Kier alpha value is -2.87. The third-order valence-electron chi connectivity index (χ3n) is 4.87. The number of halogens is 1. The molecule has 2 aromatic carbocycles. The van der Waals surface area contributed by atoms with Crippen molar-refractivity contribution < 1.29 is 14.3 Å². The van der Waals surface area contributed by atoms with Crippen LogP contribution in [0.25, 0.3) is 10.9 Å². The minimum absolute atomic E-state index is 0.0923. The minimum Gasteiger partial charge on any atom is -0.489 e.